The van der Waals surface area contributed by atoms with Gasteiger partial charge in [0.15, 0.2) is 0 Å². The van der Waals surface area contributed by atoms with Crippen LogP contribution in [-0.2, 0) is 0 Å². The molecule has 0 heterocycles. The summed E-state index contributed by atoms with van der Waals surface area (Å²) in [6, 6.07) is 0. The zero-order valence-corrected chi connectivity index (χ0v) is 13.9. The van der Waals surface area contributed by atoms with Crippen LogP contribution in [0.15, 0.2) is 38.0 Å². The Balaban J connectivity index is -0.0000000270. The van der Waals surface area contributed by atoms with E-state index in [0.717, 1.165) is 15.8 Å². The number of hydrogen-bond acceptors (Lipinski definition) is 0. The van der Waals surface area contributed by atoms with Gasteiger partial charge >= 0.3 is 103 Å². The maximum Gasteiger partial charge on any atom is -3.00 e. The third-order valence-electron chi connectivity index (χ3n) is 0.500. The first-order valence-electron chi connectivity index (χ1n) is 3.67. The fourth-order valence-electron chi connectivity index (χ4n) is 0. The molecule has 0 atom stereocenters. The number of rotatable bonds is 3. The van der Waals surface area contributed by atoms with E-state index >= 15 is 0 Å². The monoisotopic (exact) mass is 266 g/mol. The molecule has 0 rings (SSSR count). The molecule has 0 N–H and O–H groups in total. The molecule has 0 aromatic heterocycles. The maximum absolute atomic E-state index is 3.46. The molecule has 0 radical (unpaired) electrons. The molecule has 0 bridgehead atoms. The Morgan fingerprint density at radius 3 is 0.714 bits per heavy atom. The van der Waals surface area contributed by atoms with E-state index in [4.69, 9.17) is 0 Å². The molecule has 0 saturated heterocycles. The summed E-state index contributed by atoms with van der Waals surface area (Å²) < 4.78 is 0. The molecule has 0 aromatic carbocycles. The molecule has 70 valence electrons. The molecule has 0 aliphatic rings. The summed E-state index contributed by atoms with van der Waals surface area (Å²) in [5, 5.41) is 3.00. The SMILES string of the molecule is C=C[CH2][Al+2].C=C[CH2][Al+2].C=C[CH2][Al+2].[P-3].[P-3]. The first-order valence-corrected chi connectivity index (χ1v) is 6.12. The first-order chi connectivity index (χ1) is 5.74. The topological polar surface area (TPSA) is 0 Å². The van der Waals surface area contributed by atoms with Crippen LogP contribution in [0, 0.1) is 0 Å². The van der Waals surface area contributed by atoms with Crippen molar-refractivity contribution < 1.29 is 0 Å². The van der Waals surface area contributed by atoms with Crippen LogP contribution in [0.25, 0.3) is 0 Å². The van der Waals surface area contributed by atoms with Crippen LogP contribution in [0.4, 0.5) is 0 Å². The Morgan fingerprint density at radius 1 is 0.643 bits per heavy atom. The molecular weight excluding hydrogens is 251 g/mol. The Bertz CT molecular complexity index is 79.0. The van der Waals surface area contributed by atoms with Gasteiger partial charge in [-0.25, -0.2) is 0 Å². The summed E-state index contributed by atoms with van der Waals surface area (Å²) in [7, 11) is 0. The third kappa shape index (κ3) is 100. The smallest absolute Gasteiger partial charge is 3.00 e. The Kier molecular flexibility index (Phi) is 98.6. The van der Waals surface area contributed by atoms with Crippen molar-refractivity contribution in [3.63, 3.8) is 0 Å². The molecule has 0 nitrogen and oxygen atoms in total. The van der Waals surface area contributed by atoms with Crippen LogP contribution in [-0.4, -0.2) is 48.9 Å². The molecule has 0 aromatic rings. The van der Waals surface area contributed by atoms with E-state index in [0.29, 0.717) is 0 Å². The minimum absolute atomic E-state index is 0. The quantitative estimate of drug-likeness (QED) is 0.411. The fraction of sp³-hybridized carbons (Fsp3) is 0.333. The summed E-state index contributed by atoms with van der Waals surface area (Å²) >= 11 is 7.61. The van der Waals surface area contributed by atoms with Gasteiger partial charge in [0.1, 0.15) is 0 Å². The average molecular weight is 266 g/mol. The summed E-state index contributed by atoms with van der Waals surface area (Å²) in [5.74, 6) is 0. The van der Waals surface area contributed by atoms with Gasteiger partial charge in [-0.15, -0.1) is 0 Å². The summed E-state index contributed by atoms with van der Waals surface area (Å²) in [6.07, 6.45) is 5.51. The van der Waals surface area contributed by atoms with Crippen molar-refractivity contribution in [2.24, 2.45) is 0 Å². The summed E-state index contributed by atoms with van der Waals surface area (Å²) in [5.41, 5.74) is 0. The van der Waals surface area contributed by atoms with Crippen LogP contribution in [0.2, 0.25) is 15.8 Å². The minimum Gasteiger partial charge on any atom is -3.00 e. The maximum atomic E-state index is 3.46. The summed E-state index contributed by atoms with van der Waals surface area (Å²) in [6.45, 7) is 10.4. The molecule has 0 saturated carbocycles. The van der Waals surface area contributed by atoms with Crippen LogP contribution < -0.4 is 0 Å². The standard InChI is InChI=1S/3C3H5.3Al.2P/c3*1-3-2;;;;;/h3*3H,1-2H2;;;;;/q;;;3*+2;2*-3. The molecule has 0 aliphatic carbocycles. The van der Waals surface area contributed by atoms with Gasteiger partial charge in [-0.2, -0.15) is 0 Å². The van der Waals surface area contributed by atoms with Gasteiger partial charge in [-0.3, -0.25) is 0 Å². The molecule has 5 heteroatoms. The largest absolute Gasteiger partial charge is 3.00 e. The normalized spacial score (nSPS) is 5.57. The van der Waals surface area contributed by atoms with Crippen molar-refractivity contribution in [1.82, 2.24) is 0 Å². The second-order valence-corrected chi connectivity index (χ2v) is 2.99. The van der Waals surface area contributed by atoms with Gasteiger partial charge in [-0.1, -0.05) is 0 Å². The van der Waals surface area contributed by atoms with Crippen molar-refractivity contribution in [3.05, 3.63) is 38.0 Å². The van der Waals surface area contributed by atoms with E-state index in [2.05, 4.69) is 68.6 Å². The zero-order valence-electron chi connectivity index (χ0n) is 8.60. The molecule has 0 unspecified atom stereocenters. The average Bonchev–Trinajstić information content (AvgIpc) is 2.18. The van der Waals surface area contributed by atoms with E-state index in [1.807, 2.05) is 18.2 Å². The van der Waals surface area contributed by atoms with Gasteiger partial charge in [0.05, 0.1) is 0 Å². The molecule has 0 amide bonds. The van der Waals surface area contributed by atoms with Crippen LogP contribution in [0.5, 0.6) is 0 Å². The summed E-state index contributed by atoms with van der Waals surface area (Å²) in [4.78, 5) is 0. The van der Waals surface area contributed by atoms with Gasteiger partial charge in [0.25, 0.3) is 0 Å². The van der Waals surface area contributed by atoms with Crippen molar-refractivity contribution in [2.75, 3.05) is 0 Å². The third-order valence-corrected chi connectivity index (χ3v) is 1.50. The van der Waals surface area contributed by atoms with Gasteiger partial charge in [-0.05, 0) is 0 Å². The van der Waals surface area contributed by atoms with E-state index < -0.39 is 0 Å². The molecule has 0 spiro atoms. The second-order valence-electron chi connectivity index (χ2n) is 1.57. The Labute approximate surface area is 122 Å². The van der Waals surface area contributed by atoms with E-state index in [1.165, 1.54) is 0 Å². The first kappa shape index (κ1) is 29.6. The minimum atomic E-state index is 0. The van der Waals surface area contributed by atoms with E-state index in [1.54, 1.807) is 0 Å². The van der Waals surface area contributed by atoms with E-state index in [-0.39, 0.29) is 19.8 Å². The van der Waals surface area contributed by atoms with Crippen LogP contribution in [0.1, 0.15) is 0 Å². The number of allylic oxidation sites excluding steroid dienone is 3. The van der Waals surface area contributed by atoms with Crippen LogP contribution >= 0.6 is 19.8 Å². The second kappa shape index (κ2) is 46.6. The zero-order chi connectivity index (χ0) is 10.2. The van der Waals surface area contributed by atoms with Gasteiger partial charge in [0.2, 0.25) is 0 Å². The van der Waals surface area contributed by atoms with Gasteiger partial charge < -0.3 is 19.8 Å². The van der Waals surface area contributed by atoms with Crippen molar-refractivity contribution in [1.29, 1.82) is 0 Å². The van der Waals surface area contributed by atoms with E-state index in [9.17, 15) is 0 Å². The van der Waals surface area contributed by atoms with Crippen LogP contribution in [0.3, 0.4) is 0 Å². The molecule has 14 heavy (non-hydrogen) atoms. The molecule has 0 fully saturated rings. The fourth-order valence-corrected chi connectivity index (χ4v) is 0. The predicted octanol–water partition coefficient (Wildman–Crippen LogP) is 4.00. The predicted molar refractivity (Wildman–Crippen MR) is 76.1 cm³/mol. The number of hydrogen-bond donors (Lipinski definition) is 0. The molecular formula is C9H15Al3P2. The van der Waals surface area contributed by atoms with Crippen molar-refractivity contribution in [2.45, 2.75) is 15.8 Å². The van der Waals surface area contributed by atoms with Crippen molar-refractivity contribution >= 4 is 68.7 Å². The Hall–Kier alpha value is 1.68. The Morgan fingerprint density at radius 2 is 0.714 bits per heavy atom. The van der Waals surface area contributed by atoms with Crippen molar-refractivity contribution in [3.8, 4) is 0 Å². The van der Waals surface area contributed by atoms with Gasteiger partial charge in [0, 0.05) is 0 Å². The molecule has 0 aliphatic heterocycles.